The molecule has 1 aliphatic rings. The summed E-state index contributed by atoms with van der Waals surface area (Å²) in [5.41, 5.74) is 1.52. The lowest BCUT2D eigenvalue weighted by molar-refractivity contribution is 0.0949. The van der Waals surface area contributed by atoms with E-state index in [0.29, 0.717) is 12.6 Å². The van der Waals surface area contributed by atoms with Crippen LogP contribution in [0.5, 0.6) is 5.75 Å². The molecule has 1 aliphatic carbocycles. The van der Waals surface area contributed by atoms with E-state index in [-0.39, 0.29) is 16.9 Å². The van der Waals surface area contributed by atoms with Crippen LogP contribution in [0.1, 0.15) is 47.3 Å². The number of carbonyl (C=O) groups is 1. The standard InChI is InChI=1S/C19H22N2O3/c1-13-9-18(22)17(12-20-13)19(23)21-11-14-5-4-8-16(10-14)24-15-6-2-3-7-15/h4-5,8-10,12,15H,2-3,6-7,11H2,1H3,(H,20,22)(H,21,23). The van der Waals surface area contributed by atoms with Gasteiger partial charge in [0.1, 0.15) is 11.3 Å². The first-order valence-electron chi connectivity index (χ1n) is 8.35. The van der Waals surface area contributed by atoms with Gasteiger partial charge >= 0.3 is 0 Å². The minimum absolute atomic E-state index is 0.124. The van der Waals surface area contributed by atoms with Crippen LogP contribution >= 0.6 is 0 Å². The van der Waals surface area contributed by atoms with E-state index in [1.54, 1.807) is 6.92 Å². The Morgan fingerprint density at radius 2 is 2.08 bits per heavy atom. The highest BCUT2D eigenvalue weighted by molar-refractivity contribution is 5.93. The smallest absolute Gasteiger partial charge is 0.257 e. The molecule has 5 heteroatoms. The Labute approximate surface area is 141 Å². The molecule has 0 bridgehead atoms. The second-order valence-corrected chi connectivity index (χ2v) is 6.25. The predicted molar refractivity (Wildman–Crippen MR) is 92.3 cm³/mol. The Bertz CT molecular complexity index is 776. The summed E-state index contributed by atoms with van der Waals surface area (Å²) in [7, 11) is 0. The molecule has 0 radical (unpaired) electrons. The van der Waals surface area contributed by atoms with Gasteiger partial charge in [-0.05, 0) is 50.3 Å². The summed E-state index contributed by atoms with van der Waals surface area (Å²) in [4.78, 5) is 26.9. The molecule has 1 fully saturated rings. The van der Waals surface area contributed by atoms with Gasteiger partial charge in [-0.25, -0.2) is 0 Å². The van der Waals surface area contributed by atoms with Gasteiger partial charge in [0.25, 0.3) is 5.91 Å². The Balaban J connectivity index is 1.61. The lowest BCUT2D eigenvalue weighted by atomic mass is 10.2. The first-order chi connectivity index (χ1) is 11.6. The Morgan fingerprint density at radius 1 is 1.29 bits per heavy atom. The van der Waals surface area contributed by atoms with Crippen molar-refractivity contribution in [2.45, 2.75) is 45.3 Å². The third-order valence-corrected chi connectivity index (χ3v) is 4.26. The molecule has 126 valence electrons. The second kappa shape index (κ2) is 7.34. The molecule has 2 N–H and O–H groups in total. The average molecular weight is 326 g/mol. The van der Waals surface area contributed by atoms with Gasteiger partial charge in [0.05, 0.1) is 6.10 Å². The molecule has 0 saturated heterocycles. The van der Waals surface area contributed by atoms with E-state index in [4.69, 9.17) is 4.74 Å². The lowest BCUT2D eigenvalue weighted by Crippen LogP contribution is -2.28. The number of pyridine rings is 1. The van der Waals surface area contributed by atoms with Gasteiger partial charge in [-0.3, -0.25) is 9.59 Å². The first kappa shape index (κ1) is 16.3. The van der Waals surface area contributed by atoms with Crippen LogP contribution in [0.15, 0.2) is 41.3 Å². The first-order valence-corrected chi connectivity index (χ1v) is 8.35. The molecular formula is C19H22N2O3. The van der Waals surface area contributed by atoms with E-state index in [1.807, 2.05) is 24.3 Å². The number of rotatable bonds is 5. The van der Waals surface area contributed by atoms with Crippen molar-refractivity contribution >= 4 is 5.91 Å². The van der Waals surface area contributed by atoms with Crippen molar-refractivity contribution in [3.8, 4) is 5.75 Å². The molecule has 2 aromatic rings. The molecule has 24 heavy (non-hydrogen) atoms. The van der Waals surface area contributed by atoms with Crippen LogP contribution in [-0.2, 0) is 6.54 Å². The fourth-order valence-corrected chi connectivity index (χ4v) is 2.96. The highest BCUT2D eigenvalue weighted by Gasteiger charge is 2.16. The molecule has 1 aromatic carbocycles. The highest BCUT2D eigenvalue weighted by Crippen LogP contribution is 2.24. The summed E-state index contributed by atoms with van der Waals surface area (Å²) in [5.74, 6) is 0.459. The number of carbonyl (C=O) groups excluding carboxylic acids is 1. The third-order valence-electron chi connectivity index (χ3n) is 4.26. The number of ether oxygens (including phenoxy) is 1. The van der Waals surface area contributed by atoms with Crippen molar-refractivity contribution in [1.82, 2.24) is 10.3 Å². The van der Waals surface area contributed by atoms with Crippen molar-refractivity contribution in [2.24, 2.45) is 0 Å². The maximum absolute atomic E-state index is 12.2. The number of hydrogen-bond donors (Lipinski definition) is 2. The molecule has 1 amide bonds. The lowest BCUT2D eigenvalue weighted by Gasteiger charge is -2.14. The molecule has 0 unspecified atom stereocenters. The van der Waals surface area contributed by atoms with Crippen molar-refractivity contribution in [1.29, 1.82) is 0 Å². The number of hydrogen-bond acceptors (Lipinski definition) is 3. The van der Waals surface area contributed by atoms with Gasteiger partial charge in [0, 0.05) is 24.5 Å². The van der Waals surface area contributed by atoms with Crippen LogP contribution in [0.2, 0.25) is 0 Å². The molecule has 1 heterocycles. The zero-order valence-electron chi connectivity index (χ0n) is 13.8. The molecule has 0 spiro atoms. The number of aryl methyl sites for hydroxylation is 1. The third kappa shape index (κ3) is 4.04. The maximum atomic E-state index is 12.2. The largest absolute Gasteiger partial charge is 0.490 e. The Morgan fingerprint density at radius 3 is 2.83 bits per heavy atom. The van der Waals surface area contributed by atoms with E-state index in [0.717, 1.165) is 29.8 Å². The molecule has 5 nitrogen and oxygen atoms in total. The zero-order valence-corrected chi connectivity index (χ0v) is 13.8. The number of nitrogens with one attached hydrogen (secondary N) is 2. The topological polar surface area (TPSA) is 71.2 Å². The molecule has 0 aliphatic heterocycles. The molecule has 3 rings (SSSR count). The summed E-state index contributed by atoms with van der Waals surface area (Å²) < 4.78 is 5.97. The van der Waals surface area contributed by atoms with Crippen LogP contribution in [0.4, 0.5) is 0 Å². The summed E-state index contributed by atoms with van der Waals surface area (Å²) in [6.45, 7) is 2.13. The van der Waals surface area contributed by atoms with Crippen LogP contribution < -0.4 is 15.5 Å². The number of H-pyrrole nitrogens is 1. The van der Waals surface area contributed by atoms with Gasteiger partial charge < -0.3 is 15.0 Å². The summed E-state index contributed by atoms with van der Waals surface area (Å²) in [5, 5.41) is 2.78. The van der Waals surface area contributed by atoms with Crippen molar-refractivity contribution < 1.29 is 9.53 Å². The highest BCUT2D eigenvalue weighted by atomic mass is 16.5. The number of aromatic nitrogens is 1. The summed E-state index contributed by atoms with van der Waals surface area (Å²) in [6, 6.07) is 9.16. The molecule has 1 saturated carbocycles. The van der Waals surface area contributed by atoms with Crippen LogP contribution in [0.3, 0.4) is 0 Å². The van der Waals surface area contributed by atoms with Gasteiger partial charge in [-0.2, -0.15) is 0 Å². The van der Waals surface area contributed by atoms with E-state index in [1.165, 1.54) is 25.1 Å². The van der Waals surface area contributed by atoms with E-state index in [2.05, 4.69) is 10.3 Å². The second-order valence-electron chi connectivity index (χ2n) is 6.25. The average Bonchev–Trinajstić information content (AvgIpc) is 3.06. The fraction of sp³-hybridized carbons (Fsp3) is 0.368. The van der Waals surface area contributed by atoms with Crippen molar-refractivity contribution in [2.75, 3.05) is 0 Å². The van der Waals surface area contributed by atoms with E-state index in [9.17, 15) is 9.59 Å². The van der Waals surface area contributed by atoms with Crippen LogP contribution in [0.25, 0.3) is 0 Å². The quantitative estimate of drug-likeness (QED) is 0.887. The SMILES string of the molecule is Cc1cc(=O)c(C(=O)NCc2cccc(OC3CCCC3)c2)c[nH]1. The number of benzene rings is 1. The monoisotopic (exact) mass is 326 g/mol. The summed E-state index contributed by atoms with van der Waals surface area (Å²) in [6.07, 6.45) is 6.43. The van der Waals surface area contributed by atoms with Crippen LogP contribution in [-0.4, -0.2) is 17.0 Å². The zero-order chi connectivity index (χ0) is 16.9. The fourth-order valence-electron chi connectivity index (χ4n) is 2.96. The number of amides is 1. The Kier molecular flexibility index (Phi) is 4.99. The minimum atomic E-state index is -0.377. The normalized spacial score (nSPS) is 14.5. The molecule has 1 aromatic heterocycles. The van der Waals surface area contributed by atoms with E-state index < -0.39 is 0 Å². The van der Waals surface area contributed by atoms with Crippen molar-refractivity contribution in [3.05, 3.63) is 63.6 Å². The van der Waals surface area contributed by atoms with Gasteiger partial charge in [-0.1, -0.05) is 12.1 Å². The van der Waals surface area contributed by atoms with Crippen LogP contribution in [0, 0.1) is 6.92 Å². The maximum Gasteiger partial charge on any atom is 0.257 e. The molecule has 0 atom stereocenters. The number of aromatic amines is 1. The minimum Gasteiger partial charge on any atom is -0.490 e. The predicted octanol–water partition coefficient (Wildman–Crippen LogP) is 2.93. The van der Waals surface area contributed by atoms with Gasteiger partial charge in [0.2, 0.25) is 0 Å². The van der Waals surface area contributed by atoms with Crippen molar-refractivity contribution in [3.63, 3.8) is 0 Å². The summed E-state index contributed by atoms with van der Waals surface area (Å²) >= 11 is 0. The van der Waals surface area contributed by atoms with Gasteiger partial charge in [0.15, 0.2) is 5.43 Å². The Hall–Kier alpha value is -2.56. The molecular weight excluding hydrogens is 304 g/mol. The van der Waals surface area contributed by atoms with E-state index >= 15 is 0 Å². The van der Waals surface area contributed by atoms with Gasteiger partial charge in [-0.15, -0.1) is 0 Å².